The van der Waals surface area contributed by atoms with Gasteiger partial charge < -0.3 is 9.73 Å². The largest absolute Gasteiger partial charge is 0.450 e. The van der Waals surface area contributed by atoms with Gasteiger partial charge in [0.1, 0.15) is 6.26 Å². The highest BCUT2D eigenvalue weighted by molar-refractivity contribution is 7.89. The summed E-state index contributed by atoms with van der Waals surface area (Å²) in [4.78, 5) is 12.6. The van der Waals surface area contributed by atoms with E-state index >= 15 is 0 Å². The molecule has 1 aromatic carbocycles. The number of nitrogens with one attached hydrogen (secondary N) is 1. The van der Waals surface area contributed by atoms with Crippen LogP contribution in [0.4, 0.5) is 0 Å². The lowest BCUT2D eigenvalue weighted by molar-refractivity contribution is -0.125. The summed E-state index contributed by atoms with van der Waals surface area (Å²) in [6, 6.07) is 7.29. The van der Waals surface area contributed by atoms with Gasteiger partial charge in [-0.2, -0.15) is 4.31 Å². The van der Waals surface area contributed by atoms with Crippen molar-refractivity contribution < 1.29 is 17.6 Å². The number of amides is 1. The lowest BCUT2D eigenvalue weighted by Crippen LogP contribution is -2.36. The third-order valence-corrected chi connectivity index (χ3v) is 8.13. The van der Waals surface area contributed by atoms with Crippen molar-refractivity contribution in [1.29, 1.82) is 0 Å². The molecule has 1 N–H and O–H groups in total. The number of carbonyl (C=O) groups is 1. The van der Waals surface area contributed by atoms with E-state index in [1.807, 2.05) is 18.2 Å². The maximum atomic E-state index is 13.1. The van der Waals surface area contributed by atoms with E-state index in [-0.39, 0.29) is 22.8 Å². The van der Waals surface area contributed by atoms with Crippen LogP contribution in [0.5, 0.6) is 0 Å². The fourth-order valence-electron chi connectivity index (χ4n) is 4.57. The average Bonchev–Trinajstić information content (AvgIpc) is 3.34. The van der Waals surface area contributed by atoms with Gasteiger partial charge in [-0.15, -0.1) is 0 Å². The van der Waals surface area contributed by atoms with Crippen LogP contribution >= 0.6 is 0 Å². The molecule has 1 amide bonds. The molecule has 2 aromatic rings. The van der Waals surface area contributed by atoms with Crippen LogP contribution in [0.2, 0.25) is 0 Å². The Balaban J connectivity index is 1.34. The van der Waals surface area contributed by atoms with Crippen molar-refractivity contribution in [2.75, 3.05) is 19.6 Å². The molecule has 158 valence electrons. The quantitative estimate of drug-likeness (QED) is 0.798. The Morgan fingerprint density at radius 2 is 1.79 bits per heavy atom. The van der Waals surface area contributed by atoms with Crippen LogP contribution in [0, 0.1) is 11.8 Å². The average molecular weight is 419 g/mol. The lowest BCUT2D eigenvalue weighted by atomic mass is 9.90. The summed E-state index contributed by atoms with van der Waals surface area (Å²) in [6.45, 7) is 1.42. The van der Waals surface area contributed by atoms with Crippen LogP contribution in [0.15, 0.2) is 40.0 Å². The van der Waals surface area contributed by atoms with Crippen molar-refractivity contribution >= 4 is 26.7 Å². The molecule has 0 bridgehead atoms. The van der Waals surface area contributed by atoms with Crippen molar-refractivity contribution in [3.05, 3.63) is 30.5 Å². The van der Waals surface area contributed by atoms with E-state index in [1.54, 1.807) is 6.07 Å². The zero-order valence-corrected chi connectivity index (χ0v) is 17.6. The topological polar surface area (TPSA) is 79.6 Å². The van der Waals surface area contributed by atoms with E-state index in [2.05, 4.69) is 5.32 Å². The number of rotatable bonds is 5. The van der Waals surface area contributed by atoms with Gasteiger partial charge in [0, 0.05) is 36.3 Å². The van der Waals surface area contributed by atoms with E-state index in [9.17, 15) is 13.2 Å². The van der Waals surface area contributed by atoms with Crippen LogP contribution in [0.25, 0.3) is 10.8 Å². The fourth-order valence-corrected chi connectivity index (χ4v) is 6.19. The molecule has 6 nitrogen and oxygen atoms in total. The number of hydrogen-bond donors (Lipinski definition) is 1. The van der Waals surface area contributed by atoms with Crippen molar-refractivity contribution in [2.45, 2.75) is 56.5 Å². The number of benzene rings is 1. The molecule has 1 aromatic heterocycles. The summed E-state index contributed by atoms with van der Waals surface area (Å²) in [7, 11) is -3.67. The first-order valence-corrected chi connectivity index (χ1v) is 12.2. The summed E-state index contributed by atoms with van der Waals surface area (Å²) in [5, 5.41) is 4.52. The summed E-state index contributed by atoms with van der Waals surface area (Å²) in [5.74, 6) is 0.403. The normalized spacial score (nSPS) is 22.4. The Bertz CT molecular complexity index is 945. The highest BCUT2D eigenvalue weighted by Gasteiger charge is 2.35. The van der Waals surface area contributed by atoms with Crippen molar-refractivity contribution in [1.82, 2.24) is 9.62 Å². The first kappa shape index (κ1) is 20.4. The Morgan fingerprint density at radius 3 is 2.59 bits per heavy atom. The van der Waals surface area contributed by atoms with Gasteiger partial charge in [-0.05, 0) is 31.2 Å². The van der Waals surface area contributed by atoms with Gasteiger partial charge in [0.15, 0.2) is 0 Å². The summed E-state index contributed by atoms with van der Waals surface area (Å²) in [6.07, 6.45) is 10.2. The molecule has 2 fully saturated rings. The molecule has 1 unspecified atom stereocenters. The second kappa shape index (κ2) is 8.88. The minimum absolute atomic E-state index is 0.0207. The molecule has 2 aliphatic rings. The van der Waals surface area contributed by atoms with Gasteiger partial charge in [0.05, 0.1) is 0 Å². The molecule has 0 radical (unpaired) electrons. The molecule has 1 saturated carbocycles. The van der Waals surface area contributed by atoms with Crippen LogP contribution in [0.3, 0.4) is 0 Å². The van der Waals surface area contributed by atoms with Crippen LogP contribution < -0.4 is 5.32 Å². The second-order valence-electron chi connectivity index (χ2n) is 8.42. The van der Waals surface area contributed by atoms with Gasteiger partial charge >= 0.3 is 0 Å². The molecular weight excluding hydrogens is 388 g/mol. The molecule has 1 aliphatic carbocycles. The minimum atomic E-state index is -3.67. The van der Waals surface area contributed by atoms with E-state index in [4.69, 9.17) is 4.42 Å². The maximum absolute atomic E-state index is 13.1. The number of carbonyl (C=O) groups excluding carboxylic acids is 1. The zero-order chi connectivity index (χ0) is 20.3. The van der Waals surface area contributed by atoms with Crippen LogP contribution in [0.1, 0.15) is 51.4 Å². The fraction of sp³-hybridized carbons (Fsp3) is 0.591. The number of hydrogen-bond acceptors (Lipinski definition) is 4. The van der Waals surface area contributed by atoms with E-state index in [0.29, 0.717) is 25.0 Å². The molecule has 29 heavy (non-hydrogen) atoms. The van der Waals surface area contributed by atoms with Crippen LogP contribution in [-0.4, -0.2) is 38.3 Å². The Kier molecular flexibility index (Phi) is 6.25. The molecule has 1 aliphatic heterocycles. The maximum Gasteiger partial charge on any atom is 0.277 e. The molecule has 4 rings (SSSR count). The number of furan rings is 1. The van der Waals surface area contributed by atoms with Gasteiger partial charge in [-0.1, -0.05) is 50.3 Å². The predicted molar refractivity (Wildman–Crippen MR) is 112 cm³/mol. The van der Waals surface area contributed by atoms with E-state index in [0.717, 1.165) is 37.5 Å². The third kappa shape index (κ3) is 4.51. The lowest BCUT2D eigenvalue weighted by Gasteiger charge is -2.20. The van der Waals surface area contributed by atoms with Gasteiger partial charge in [0.2, 0.25) is 11.0 Å². The summed E-state index contributed by atoms with van der Waals surface area (Å²) >= 11 is 0. The molecule has 2 heterocycles. The SMILES string of the molecule is O=C(NCC1CCN(S(=O)(=O)c2occ3ccccc23)C1)C1CCCCCCC1. The highest BCUT2D eigenvalue weighted by atomic mass is 32.2. The first-order valence-electron chi connectivity index (χ1n) is 10.8. The molecule has 1 atom stereocenters. The zero-order valence-electron chi connectivity index (χ0n) is 16.8. The van der Waals surface area contributed by atoms with Gasteiger partial charge in [-0.3, -0.25) is 4.79 Å². The Labute approximate surface area is 172 Å². The second-order valence-corrected chi connectivity index (χ2v) is 10.3. The van der Waals surface area contributed by atoms with Gasteiger partial charge in [-0.25, -0.2) is 8.42 Å². The van der Waals surface area contributed by atoms with Crippen LogP contribution in [-0.2, 0) is 14.8 Å². The van der Waals surface area contributed by atoms with Crippen molar-refractivity contribution in [2.24, 2.45) is 11.8 Å². The third-order valence-electron chi connectivity index (χ3n) is 6.34. The first-order chi connectivity index (χ1) is 14.1. The van der Waals surface area contributed by atoms with E-state index in [1.165, 1.54) is 29.8 Å². The molecule has 7 heteroatoms. The molecular formula is C22H30N2O4S. The standard InChI is InChI=1S/C22H30N2O4S/c25-21(18-8-4-2-1-3-5-9-18)23-14-17-12-13-24(15-17)29(26,27)22-20-11-7-6-10-19(20)16-28-22/h6-7,10-11,16-18H,1-5,8-9,12-15H2,(H,23,25). The van der Waals surface area contributed by atoms with Crippen molar-refractivity contribution in [3.8, 4) is 0 Å². The predicted octanol–water partition coefficient (Wildman–Crippen LogP) is 3.92. The van der Waals surface area contributed by atoms with Crippen molar-refractivity contribution in [3.63, 3.8) is 0 Å². The van der Waals surface area contributed by atoms with Gasteiger partial charge in [0.25, 0.3) is 10.0 Å². The number of nitrogens with zero attached hydrogens (tertiary/aromatic N) is 1. The summed E-state index contributed by atoms with van der Waals surface area (Å²) in [5.41, 5.74) is 0. The molecule has 1 saturated heterocycles. The monoisotopic (exact) mass is 418 g/mol. The minimum Gasteiger partial charge on any atom is -0.450 e. The summed E-state index contributed by atoms with van der Waals surface area (Å²) < 4.78 is 33.0. The number of fused-ring (bicyclic) bond motifs is 1. The number of sulfonamides is 1. The Hall–Kier alpha value is -1.86. The highest BCUT2D eigenvalue weighted by Crippen LogP contribution is 2.30. The van der Waals surface area contributed by atoms with E-state index < -0.39 is 10.0 Å². The smallest absolute Gasteiger partial charge is 0.277 e. The Morgan fingerprint density at radius 1 is 1.07 bits per heavy atom. The molecule has 0 spiro atoms.